The van der Waals surface area contributed by atoms with Gasteiger partial charge < -0.3 is 15.6 Å². The summed E-state index contributed by atoms with van der Waals surface area (Å²) < 4.78 is 6.57. The normalized spacial score (nSPS) is 24.2. The predicted molar refractivity (Wildman–Crippen MR) is 116 cm³/mol. The smallest absolute Gasteiger partial charge is 0.123 e. The highest BCUT2D eigenvalue weighted by atomic mass is 35.5. The summed E-state index contributed by atoms with van der Waals surface area (Å²) in [6, 6.07) is 14.2. The Morgan fingerprint density at radius 1 is 1.14 bits per heavy atom. The number of pyridine rings is 1. The number of hydrogen-bond acceptors (Lipinski definition) is 5. The van der Waals surface area contributed by atoms with Crippen LogP contribution in [0.2, 0.25) is 0 Å². The molecule has 2 aromatic rings. The fourth-order valence-corrected chi connectivity index (χ4v) is 4.32. The van der Waals surface area contributed by atoms with Crippen molar-refractivity contribution < 1.29 is 9.84 Å². The number of benzene rings is 1. The number of halogens is 2. The number of nitrogens with two attached hydrogens (primary N) is 1. The van der Waals surface area contributed by atoms with Gasteiger partial charge in [0, 0.05) is 38.7 Å². The van der Waals surface area contributed by atoms with E-state index in [1.54, 1.807) is 6.20 Å². The first kappa shape index (κ1) is 22.9. The van der Waals surface area contributed by atoms with Gasteiger partial charge in [-0.3, -0.25) is 4.90 Å². The maximum absolute atomic E-state index is 10.5. The summed E-state index contributed by atoms with van der Waals surface area (Å²) in [5.41, 5.74) is 7.94. The van der Waals surface area contributed by atoms with Crippen molar-refractivity contribution in [1.29, 1.82) is 0 Å². The van der Waals surface area contributed by atoms with Crippen LogP contribution in [0.5, 0.6) is 0 Å². The van der Waals surface area contributed by atoms with Crippen LogP contribution in [-0.2, 0) is 11.3 Å². The number of nitrogens with zero attached hydrogens (tertiary/aromatic N) is 2. The molecule has 2 aliphatic heterocycles. The van der Waals surface area contributed by atoms with E-state index in [0.717, 1.165) is 38.9 Å². The van der Waals surface area contributed by atoms with Gasteiger partial charge in [-0.2, -0.15) is 0 Å². The standard InChI is InChI=1S/C21H27N3O2.2ClH/c22-20-12-16(6-9-23-20)15-24-10-7-21(8-11-24)14-18(25)13-19(26-21)17-4-2-1-3-5-17;;/h1-6,9,12,18-19,25H,7-8,10-11,13-15H2,(H2,22,23);2*1H/t18-,19-;;/m1../s1. The fraction of sp³-hybridized carbons (Fsp3) is 0.476. The predicted octanol–water partition coefficient (Wildman–Crippen LogP) is 3.75. The summed E-state index contributed by atoms with van der Waals surface area (Å²) in [6.45, 7) is 2.82. The van der Waals surface area contributed by atoms with Crippen LogP contribution in [0, 0.1) is 0 Å². The number of rotatable bonds is 3. The van der Waals surface area contributed by atoms with Gasteiger partial charge in [-0.15, -0.1) is 24.8 Å². The highest BCUT2D eigenvalue weighted by molar-refractivity contribution is 5.85. The van der Waals surface area contributed by atoms with E-state index in [4.69, 9.17) is 10.5 Å². The van der Waals surface area contributed by atoms with Gasteiger partial charge in [-0.1, -0.05) is 30.3 Å². The van der Waals surface area contributed by atoms with Gasteiger partial charge in [0.05, 0.1) is 17.8 Å². The largest absolute Gasteiger partial charge is 0.393 e. The second-order valence-corrected chi connectivity index (χ2v) is 7.66. The van der Waals surface area contributed by atoms with E-state index in [1.165, 1.54) is 11.1 Å². The molecule has 1 spiro atoms. The Kier molecular flexibility index (Phi) is 8.10. The van der Waals surface area contributed by atoms with E-state index >= 15 is 0 Å². The number of aliphatic hydroxyl groups is 1. The third-order valence-corrected chi connectivity index (χ3v) is 5.68. The Hall–Kier alpha value is -1.37. The monoisotopic (exact) mass is 425 g/mol. The number of ether oxygens (including phenoxy) is 1. The first-order valence-corrected chi connectivity index (χ1v) is 9.45. The van der Waals surface area contributed by atoms with E-state index in [0.29, 0.717) is 12.2 Å². The molecule has 1 aromatic heterocycles. The Balaban J connectivity index is 0.00000140. The van der Waals surface area contributed by atoms with Crippen LogP contribution in [0.3, 0.4) is 0 Å². The number of aromatic nitrogens is 1. The molecule has 5 nitrogen and oxygen atoms in total. The van der Waals surface area contributed by atoms with Crippen molar-refractivity contribution in [1.82, 2.24) is 9.88 Å². The van der Waals surface area contributed by atoms with Crippen molar-refractivity contribution in [2.75, 3.05) is 18.8 Å². The van der Waals surface area contributed by atoms with Crippen LogP contribution in [0.15, 0.2) is 48.7 Å². The first-order chi connectivity index (χ1) is 12.6. The molecular weight excluding hydrogens is 397 g/mol. The Bertz CT molecular complexity index is 739. The molecule has 0 bridgehead atoms. The fourth-order valence-electron chi connectivity index (χ4n) is 4.32. The van der Waals surface area contributed by atoms with Crippen LogP contribution >= 0.6 is 24.8 Å². The molecule has 3 heterocycles. The van der Waals surface area contributed by atoms with E-state index in [-0.39, 0.29) is 42.6 Å². The number of anilines is 1. The first-order valence-electron chi connectivity index (χ1n) is 9.45. The third-order valence-electron chi connectivity index (χ3n) is 5.68. The summed E-state index contributed by atoms with van der Waals surface area (Å²) in [4.78, 5) is 6.49. The molecule has 0 radical (unpaired) electrons. The van der Waals surface area contributed by atoms with Gasteiger partial charge in [0.2, 0.25) is 0 Å². The lowest BCUT2D eigenvalue weighted by atomic mass is 9.81. The molecule has 0 saturated carbocycles. The van der Waals surface area contributed by atoms with E-state index in [2.05, 4.69) is 22.0 Å². The van der Waals surface area contributed by atoms with Crippen molar-refractivity contribution in [3.05, 3.63) is 59.8 Å². The third kappa shape index (κ3) is 5.37. The Labute approximate surface area is 179 Å². The van der Waals surface area contributed by atoms with Gasteiger partial charge >= 0.3 is 0 Å². The molecule has 28 heavy (non-hydrogen) atoms. The molecule has 0 unspecified atom stereocenters. The van der Waals surface area contributed by atoms with Crippen LogP contribution in [-0.4, -0.2) is 39.8 Å². The lowest BCUT2D eigenvalue weighted by Gasteiger charge is -2.48. The zero-order valence-corrected chi connectivity index (χ0v) is 17.5. The zero-order valence-electron chi connectivity index (χ0n) is 15.9. The van der Waals surface area contributed by atoms with Crippen LogP contribution in [0.4, 0.5) is 5.82 Å². The zero-order chi connectivity index (χ0) is 18.0. The van der Waals surface area contributed by atoms with Gasteiger partial charge in [-0.25, -0.2) is 4.98 Å². The molecule has 0 aliphatic carbocycles. The Morgan fingerprint density at radius 3 is 2.54 bits per heavy atom. The number of likely N-dealkylation sites (tertiary alicyclic amines) is 1. The van der Waals surface area contributed by atoms with Crippen LogP contribution in [0.1, 0.15) is 42.9 Å². The molecule has 154 valence electrons. The van der Waals surface area contributed by atoms with Crippen molar-refractivity contribution >= 4 is 30.6 Å². The second kappa shape index (κ2) is 9.90. The van der Waals surface area contributed by atoms with Crippen LogP contribution < -0.4 is 5.73 Å². The average Bonchev–Trinajstić information content (AvgIpc) is 2.64. The minimum absolute atomic E-state index is 0. The number of piperidine rings is 1. The number of aliphatic hydroxyl groups excluding tert-OH is 1. The van der Waals surface area contributed by atoms with Gasteiger partial charge in [0.15, 0.2) is 0 Å². The minimum atomic E-state index is -0.291. The molecule has 2 aliphatic rings. The lowest BCUT2D eigenvalue weighted by Crippen LogP contribution is -2.50. The maximum Gasteiger partial charge on any atom is 0.123 e. The summed E-state index contributed by atoms with van der Waals surface area (Å²) in [5, 5.41) is 10.5. The van der Waals surface area contributed by atoms with Crippen molar-refractivity contribution in [3.63, 3.8) is 0 Å². The molecule has 4 rings (SSSR count). The quantitative estimate of drug-likeness (QED) is 0.782. The summed E-state index contributed by atoms with van der Waals surface area (Å²) >= 11 is 0. The topological polar surface area (TPSA) is 71.6 Å². The van der Waals surface area contributed by atoms with Gasteiger partial charge in [0.25, 0.3) is 0 Å². The molecule has 3 N–H and O–H groups in total. The summed E-state index contributed by atoms with van der Waals surface area (Å²) in [5.74, 6) is 0.570. The van der Waals surface area contributed by atoms with E-state index < -0.39 is 0 Å². The molecule has 0 amide bonds. The van der Waals surface area contributed by atoms with Crippen molar-refractivity contribution in [3.8, 4) is 0 Å². The van der Waals surface area contributed by atoms with Crippen molar-refractivity contribution in [2.24, 2.45) is 0 Å². The van der Waals surface area contributed by atoms with Gasteiger partial charge in [-0.05, 0) is 36.1 Å². The highest BCUT2D eigenvalue weighted by Crippen LogP contribution is 2.43. The second-order valence-electron chi connectivity index (χ2n) is 7.66. The molecule has 2 saturated heterocycles. The van der Waals surface area contributed by atoms with E-state index in [1.807, 2.05) is 30.3 Å². The maximum atomic E-state index is 10.5. The summed E-state index contributed by atoms with van der Waals surface area (Å²) in [7, 11) is 0. The molecule has 1 aromatic carbocycles. The van der Waals surface area contributed by atoms with E-state index in [9.17, 15) is 5.11 Å². The van der Waals surface area contributed by atoms with Crippen LogP contribution in [0.25, 0.3) is 0 Å². The minimum Gasteiger partial charge on any atom is -0.393 e. The van der Waals surface area contributed by atoms with Crippen molar-refractivity contribution in [2.45, 2.75) is 50.0 Å². The number of hydrogen-bond donors (Lipinski definition) is 2. The molecule has 7 heteroatoms. The Morgan fingerprint density at radius 2 is 1.86 bits per heavy atom. The SMILES string of the molecule is Cl.Cl.Nc1cc(CN2CCC3(CC2)C[C@H](O)C[C@H](c2ccccc2)O3)ccn1. The highest BCUT2D eigenvalue weighted by Gasteiger charge is 2.43. The molecule has 2 atom stereocenters. The summed E-state index contributed by atoms with van der Waals surface area (Å²) in [6.07, 6.45) is 4.80. The lowest BCUT2D eigenvalue weighted by molar-refractivity contribution is -0.184. The molecular formula is C21H29Cl2N3O2. The average molecular weight is 426 g/mol. The number of nitrogen functional groups attached to an aromatic ring is 1. The molecule has 2 fully saturated rings. The van der Waals surface area contributed by atoms with Gasteiger partial charge in [0.1, 0.15) is 5.82 Å².